The Kier molecular flexibility index (Phi) is 4.22. The van der Waals surface area contributed by atoms with Gasteiger partial charge < -0.3 is 5.32 Å². The van der Waals surface area contributed by atoms with E-state index in [1.807, 2.05) is 18.2 Å². The van der Waals surface area contributed by atoms with Gasteiger partial charge in [-0.2, -0.15) is 0 Å². The molecule has 1 aliphatic rings. The molecular formula is C16H20N2OS2. The van der Waals surface area contributed by atoms with Crippen LogP contribution in [-0.4, -0.2) is 22.7 Å². The van der Waals surface area contributed by atoms with Crippen LogP contribution in [0.2, 0.25) is 0 Å². The number of para-hydroxylation sites is 1. The van der Waals surface area contributed by atoms with Gasteiger partial charge in [-0.15, -0.1) is 11.3 Å². The van der Waals surface area contributed by atoms with Crippen molar-refractivity contribution in [2.75, 3.05) is 5.75 Å². The fraction of sp³-hybridized carbons (Fsp3) is 0.500. The SMILES string of the molecule is CC1(C)CCC(NC(=O)CSc2nc3ccccc3s2)C1. The molecular weight excluding hydrogens is 300 g/mol. The number of hydrogen-bond donors (Lipinski definition) is 1. The summed E-state index contributed by atoms with van der Waals surface area (Å²) in [7, 11) is 0. The molecule has 0 saturated heterocycles. The van der Waals surface area contributed by atoms with Crippen LogP contribution in [0.5, 0.6) is 0 Å². The van der Waals surface area contributed by atoms with Crippen molar-refractivity contribution in [2.45, 2.75) is 43.5 Å². The van der Waals surface area contributed by atoms with Crippen molar-refractivity contribution < 1.29 is 4.79 Å². The van der Waals surface area contributed by atoms with Crippen LogP contribution in [0.15, 0.2) is 28.6 Å². The molecule has 1 amide bonds. The number of nitrogens with one attached hydrogen (secondary N) is 1. The van der Waals surface area contributed by atoms with Gasteiger partial charge in [0.05, 0.1) is 16.0 Å². The first-order valence-corrected chi connectivity index (χ1v) is 9.10. The zero-order chi connectivity index (χ0) is 14.9. The van der Waals surface area contributed by atoms with Crippen LogP contribution in [-0.2, 0) is 4.79 Å². The fourth-order valence-electron chi connectivity index (χ4n) is 2.87. The Balaban J connectivity index is 1.51. The molecule has 112 valence electrons. The Bertz CT molecular complexity index is 618. The first-order chi connectivity index (χ1) is 10.0. The second kappa shape index (κ2) is 5.97. The minimum atomic E-state index is 0.127. The number of hydrogen-bond acceptors (Lipinski definition) is 4. The van der Waals surface area contributed by atoms with Crippen LogP contribution in [0, 0.1) is 5.41 Å². The largest absolute Gasteiger partial charge is 0.353 e. The number of aromatic nitrogens is 1. The number of benzene rings is 1. The van der Waals surface area contributed by atoms with E-state index < -0.39 is 0 Å². The van der Waals surface area contributed by atoms with Crippen molar-refractivity contribution in [3.05, 3.63) is 24.3 Å². The highest BCUT2D eigenvalue weighted by molar-refractivity contribution is 8.01. The van der Waals surface area contributed by atoms with E-state index in [9.17, 15) is 4.79 Å². The average Bonchev–Trinajstić information content (AvgIpc) is 2.99. The maximum Gasteiger partial charge on any atom is 0.230 e. The summed E-state index contributed by atoms with van der Waals surface area (Å²) >= 11 is 3.19. The van der Waals surface area contributed by atoms with Crippen LogP contribution in [0.4, 0.5) is 0 Å². The van der Waals surface area contributed by atoms with Gasteiger partial charge in [-0.25, -0.2) is 4.98 Å². The van der Waals surface area contributed by atoms with E-state index >= 15 is 0 Å². The van der Waals surface area contributed by atoms with Gasteiger partial charge in [0.2, 0.25) is 5.91 Å². The van der Waals surface area contributed by atoms with E-state index in [4.69, 9.17) is 0 Å². The van der Waals surface area contributed by atoms with E-state index in [2.05, 4.69) is 30.2 Å². The van der Waals surface area contributed by atoms with E-state index in [1.165, 1.54) is 22.9 Å². The first kappa shape index (κ1) is 14.9. The number of thioether (sulfide) groups is 1. The highest BCUT2D eigenvalue weighted by Crippen LogP contribution is 2.37. The minimum absolute atomic E-state index is 0.127. The predicted molar refractivity (Wildman–Crippen MR) is 89.9 cm³/mol. The van der Waals surface area contributed by atoms with Gasteiger partial charge in [0, 0.05) is 6.04 Å². The normalized spacial score (nSPS) is 20.8. The van der Waals surface area contributed by atoms with Gasteiger partial charge >= 0.3 is 0 Å². The molecule has 5 heteroatoms. The van der Waals surface area contributed by atoms with Crippen molar-refractivity contribution in [3.63, 3.8) is 0 Å². The number of carbonyl (C=O) groups is 1. The van der Waals surface area contributed by atoms with Gasteiger partial charge in [-0.3, -0.25) is 4.79 Å². The van der Waals surface area contributed by atoms with E-state index in [-0.39, 0.29) is 5.91 Å². The number of amides is 1. The highest BCUT2D eigenvalue weighted by atomic mass is 32.2. The van der Waals surface area contributed by atoms with E-state index in [1.54, 1.807) is 11.3 Å². The molecule has 0 aliphatic heterocycles. The second-order valence-electron chi connectivity index (χ2n) is 6.41. The topological polar surface area (TPSA) is 42.0 Å². The summed E-state index contributed by atoms with van der Waals surface area (Å²) in [5, 5.41) is 3.16. The molecule has 0 spiro atoms. The predicted octanol–water partition coefficient (Wildman–Crippen LogP) is 4.08. The molecule has 0 radical (unpaired) electrons. The molecule has 1 aliphatic carbocycles. The van der Waals surface area contributed by atoms with Crippen LogP contribution in [0.3, 0.4) is 0 Å². The zero-order valence-electron chi connectivity index (χ0n) is 12.4. The Morgan fingerprint density at radius 3 is 3.00 bits per heavy atom. The average molecular weight is 320 g/mol. The van der Waals surface area contributed by atoms with Gasteiger partial charge in [0.1, 0.15) is 0 Å². The van der Waals surface area contributed by atoms with Crippen LogP contribution < -0.4 is 5.32 Å². The van der Waals surface area contributed by atoms with Crippen molar-refractivity contribution in [1.29, 1.82) is 0 Å². The maximum absolute atomic E-state index is 12.0. The number of rotatable bonds is 4. The quantitative estimate of drug-likeness (QED) is 0.863. The van der Waals surface area contributed by atoms with Gasteiger partial charge in [-0.1, -0.05) is 37.7 Å². The minimum Gasteiger partial charge on any atom is -0.353 e. The maximum atomic E-state index is 12.0. The van der Waals surface area contributed by atoms with Gasteiger partial charge in [-0.05, 0) is 36.8 Å². The summed E-state index contributed by atoms with van der Waals surface area (Å²) < 4.78 is 2.15. The Labute approximate surface area is 133 Å². The van der Waals surface area contributed by atoms with Crippen LogP contribution in [0.1, 0.15) is 33.1 Å². The van der Waals surface area contributed by atoms with Crippen LogP contribution in [0.25, 0.3) is 10.2 Å². The molecule has 3 rings (SSSR count). The lowest BCUT2D eigenvalue weighted by molar-refractivity contribution is -0.119. The molecule has 1 aromatic carbocycles. The monoisotopic (exact) mass is 320 g/mol. The molecule has 2 aromatic rings. The smallest absolute Gasteiger partial charge is 0.230 e. The molecule has 1 atom stereocenters. The standard InChI is InChI=1S/C16H20N2OS2/c1-16(2)8-7-11(9-16)17-14(19)10-20-15-18-12-5-3-4-6-13(12)21-15/h3-6,11H,7-10H2,1-2H3,(H,17,19). The molecule has 0 bridgehead atoms. The summed E-state index contributed by atoms with van der Waals surface area (Å²) in [6.45, 7) is 4.55. The first-order valence-electron chi connectivity index (χ1n) is 7.30. The lowest BCUT2D eigenvalue weighted by Gasteiger charge is -2.17. The van der Waals surface area contributed by atoms with Crippen molar-refractivity contribution >= 4 is 39.2 Å². The lowest BCUT2D eigenvalue weighted by atomic mass is 9.92. The molecule has 1 N–H and O–H groups in total. The third kappa shape index (κ3) is 3.77. The van der Waals surface area contributed by atoms with Gasteiger partial charge in [0.25, 0.3) is 0 Å². The third-order valence-corrected chi connectivity index (χ3v) is 6.11. The Morgan fingerprint density at radius 1 is 1.48 bits per heavy atom. The second-order valence-corrected chi connectivity index (χ2v) is 8.66. The van der Waals surface area contributed by atoms with Gasteiger partial charge in [0.15, 0.2) is 4.34 Å². The zero-order valence-corrected chi connectivity index (χ0v) is 14.0. The van der Waals surface area contributed by atoms with Crippen molar-refractivity contribution in [3.8, 4) is 0 Å². The molecule has 21 heavy (non-hydrogen) atoms. The number of fused-ring (bicyclic) bond motifs is 1. The van der Waals surface area contributed by atoms with E-state index in [0.717, 1.165) is 22.7 Å². The number of thiazole rings is 1. The van der Waals surface area contributed by atoms with Crippen LogP contribution >= 0.6 is 23.1 Å². The Hall–Kier alpha value is -1.07. The molecule has 1 fully saturated rings. The summed E-state index contributed by atoms with van der Waals surface area (Å²) in [4.78, 5) is 16.6. The summed E-state index contributed by atoms with van der Waals surface area (Å²) in [6, 6.07) is 8.44. The lowest BCUT2D eigenvalue weighted by Crippen LogP contribution is -2.34. The number of nitrogens with zero attached hydrogens (tertiary/aromatic N) is 1. The van der Waals surface area contributed by atoms with Crippen molar-refractivity contribution in [2.24, 2.45) is 5.41 Å². The molecule has 1 aromatic heterocycles. The molecule has 1 unspecified atom stereocenters. The summed E-state index contributed by atoms with van der Waals surface area (Å²) in [5.74, 6) is 0.582. The number of carbonyl (C=O) groups excluding carboxylic acids is 1. The summed E-state index contributed by atoms with van der Waals surface area (Å²) in [5.41, 5.74) is 1.39. The molecule has 1 saturated carbocycles. The summed E-state index contributed by atoms with van der Waals surface area (Å²) in [6.07, 6.45) is 3.39. The Morgan fingerprint density at radius 2 is 2.29 bits per heavy atom. The van der Waals surface area contributed by atoms with E-state index in [0.29, 0.717) is 17.2 Å². The molecule has 3 nitrogen and oxygen atoms in total. The highest BCUT2D eigenvalue weighted by Gasteiger charge is 2.31. The molecule has 1 heterocycles. The fourth-order valence-corrected chi connectivity index (χ4v) is 4.75. The third-order valence-electron chi connectivity index (χ3n) is 3.93. The van der Waals surface area contributed by atoms with Crippen molar-refractivity contribution in [1.82, 2.24) is 10.3 Å².